The lowest BCUT2D eigenvalue weighted by atomic mass is 10.1. The highest BCUT2D eigenvalue weighted by Crippen LogP contribution is 2.15. The first-order valence-corrected chi connectivity index (χ1v) is 15.5. The van der Waals surface area contributed by atoms with Crippen LogP contribution in [0.15, 0.2) is 0 Å². The van der Waals surface area contributed by atoms with Crippen molar-refractivity contribution in [1.82, 2.24) is 4.90 Å². The second-order valence-corrected chi connectivity index (χ2v) is 10.4. The number of hydrogen-bond donors (Lipinski definition) is 1. The topological polar surface area (TPSA) is 118 Å². The number of carbonyl (C=O) groups is 3. The molecule has 8 nitrogen and oxygen atoms in total. The predicted molar refractivity (Wildman–Crippen MR) is 153 cm³/mol. The van der Waals surface area contributed by atoms with E-state index in [9.17, 15) is 14.4 Å². The standard InChI is InChI=1S/C30H57NO3.HNO3/c1-4-7-10-13-16-19-22-25-28(32)31(29(33)26-23-20-17-14-11-8-5-2)30(34)27-24-21-18-15-12-9-6-3;2-1(3)4/h4-27H2,1-3H3;(H,2,3,4). The van der Waals surface area contributed by atoms with Crippen LogP contribution >= 0.6 is 0 Å². The first-order chi connectivity index (χ1) is 18.3. The second-order valence-electron chi connectivity index (χ2n) is 10.4. The van der Waals surface area contributed by atoms with Gasteiger partial charge in [-0.15, -0.1) is 10.1 Å². The van der Waals surface area contributed by atoms with Crippen LogP contribution in [0.5, 0.6) is 0 Å². The molecule has 1 N–H and O–H groups in total. The molecule has 0 aliphatic rings. The van der Waals surface area contributed by atoms with Crippen LogP contribution in [0.2, 0.25) is 0 Å². The molecule has 8 heteroatoms. The minimum absolute atomic E-state index is 0.269. The number of unbranched alkanes of at least 4 members (excludes halogenated alkanes) is 18. The van der Waals surface area contributed by atoms with Crippen molar-refractivity contribution in [3.63, 3.8) is 0 Å². The average molecular weight is 543 g/mol. The first-order valence-electron chi connectivity index (χ1n) is 15.5. The molecule has 0 radical (unpaired) electrons. The van der Waals surface area contributed by atoms with Gasteiger partial charge in [-0.2, -0.15) is 0 Å². The maximum atomic E-state index is 12.9. The lowest BCUT2D eigenvalue weighted by molar-refractivity contribution is -0.742. The normalized spacial score (nSPS) is 10.5. The van der Waals surface area contributed by atoms with Gasteiger partial charge in [0, 0.05) is 19.3 Å². The number of imide groups is 3. The van der Waals surface area contributed by atoms with Crippen molar-refractivity contribution in [1.29, 1.82) is 0 Å². The summed E-state index contributed by atoms with van der Waals surface area (Å²) in [6.45, 7) is 6.63. The zero-order valence-corrected chi connectivity index (χ0v) is 24.9. The molecule has 0 heterocycles. The van der Waals surface area contributed by atoms with E-state index in [0.29, 0.717) is 19.3 Å². The summed E-state index contributed by atoms with van der Waals surface area (Å²) in [6.07, 6.45) is 24.6. The summed E-state index contributed by atoms with van der Waals surface area (Å²) in [5.74, 6) is -0.807. The molecule has 0 aromatic heterocycles. The van der Waals surface area contributed by atoms with Crippen LogP contribution in [0.1, 0.15) is 175 Å². The smallest absolute Gasteiger partial charge is 0.291 e. The van der Waals surface area contributed by atoms with E-state index in [2.05, 4.69) is 20.8 Å². The van der Waals surface area contributed by atoms with E-state index < -0.39 is 5.09 Å². The van der Waals surface area contributed by atoms with Crippen molar-refractivity contribution in [2.75, 3.05) is 0 Å². The summed E-state index contributed by atoms with van der Waals surface area (Å²) < 4.78 is 0. The van der Waals surface area contributed by atoms with E-state index in [1.807, 2.05) is 0 Å². The Morgan fingerprint density at radius 3 is 0.895 bits per heavy atom. The van der Waals surface area contributed by atoms with Crippen molar-refractivity contribution in [2.24, 2.45) is 0 Å². The second kappa shape index (κ2) is 29.6. The molecule has 0 fully saturated rings. The molecule has 0 atom stereocenters. The van der Waals surface area contributed by atoms with Gasteiger partial charge in [0.1, 0.15) is 0 Å². The van der Waals surface area contributed by atoms with Gasteiger partial charge in [-0.05, 0) is 19.3 Å². The lowest BCUT2D eigenvalue weighted by Gasteiger charge is -2.19. The molecule has 0 bridgehead atoms. The van der Waals surface area contributed by atoms with Crippen LogP contribution in [-0.4, -0.2) is 32.9 Å². The van der Waals surface area contributed by atoms with Gasteiger partial charge >= 0.3 is 0 Å². The molecule has 0 aliphatic carbocycles. The summed E-state index contributed by atoms with van der Waals surface area (Å²) in [7, 11) is 0. The van der Waals surface area contributed by atoms with Crippen LogP contribution in [0.3, 0.4) is 0 Å². The highest BCUT2D eigenvalue weighted by molar-refractivity contribution is 6.10. The quantitative estimate of drug-likeness (QED) is 0.0738. The fraction of sp³-hybridized carbons (Fsp3) is 0.900. The number of nitrogens with zero attached hydrogens (tertiary/aromatic N) is 2. The van der Waals surface area contributed by atoms with Gasteiger partial charge < -0.3 is 5.21 Å². The lowest BCUT2D eigenvalue weighted by Crippen LogP contribution is -2.41. The molecule has 0 saturated heterocycles. The van der Waals surface area contributed by atoms with E-state index in [1.54, 1.807) is 0 Å². The third kappa shape index (κ3) is 27.1. The van der Waals surface area contributed by atoms with Crippen LogP contribution in [0, 0.1) is 10.1 Å². The maximum absolute atomic E-state index is 12.9. The van der Waals surface area contributed by atoms with Crippen molar-refractivity contribution in [3.8, 4) is 0 Å². The molecule has 0 rings (SSSR count). The van der Waals surface area contributed by atoms with Gasteiger partial charge in [0.25, 0.3) is 5.09 Å². The Morgan fingerprint density at radius 1 is 0.500 bits per heavy atom. The highest BCUT2D eigenvalue weighted by Gasteiger charge is 2.27. The maximum Gasteiger partial charge on any atom is 0.291 e. The first kappa shape index (κ1) is 38.2. The number of hydrogen-bond acceptors (Lipinski definition) is 5. The Hall–Kier alpha value is -1.99. The third-order valence-corrected chi connectivity index (χ3v) is 6.73. The third-order valence-electron chi connectivity index (χ3n) is 6.73. The van der Waals surface area contributed by atoms with Crippen molar-refractivity contribution >= 4 is 17.7 Å². The summed E-state index contributed by atoms with van der Waals surface area (Å²) in [5.41, 5.74) is 0. The Morgan fingerprint density at radius 2 is 0.684 bits per heavy atom. The van der Waals surface area contributed by atoms with Gasteiger partial charge in [-0.3, -0.25) is 14.4 Å². The monoisotopic (exact) mass is 542 g/mol. The van der Waals surface area contributed by atoms with Crippen molar-refractivity contribution in [3.05, 3.63) is 10.1 Å². The number of carbonyl (C=O) groups excluding carboxylic acids is 3. The van der Waals surface area contributed by atoms with Crippen molar-refractivity contribution < 1.29 is 24.7 Å². The summed E-state index contributed by atoms with van der Waals surface area (Å²) in [5, 5.41) is 13.6. The van der Waals surface area contributed by atoms with E-state index in [-0.39, 0.29) is 17.7 Å². The van der Waals surface area contributed by atoms with Gasteiger partial charge in [-0.25, -0.2) is 4.90 Å². The molecule has 0 aromatic carbocycles. The molecule has 0 aliphatic heterocycles. The highest BCUT2D eigenvalue weighted by atomic mass is 16.9. The van der Waals surface area contributed by atoms with Gasteiger partial charge in [0.05, 0.1) is 0 Å². The summed E-state index contributed by atoms with van der Waals surface area (Å²) >= 11 is 0. The Kier molecular flexibility index (Phi) is 29.7. The van der Waals surface area contributed by atoms with E-state index in [4.69, 9.17) is 15.3 Å². The molecular formula is C30H58N2O6. The molecular weight excluding hydrogens is 484 g/mol. The average Bonchev–Trinajstić information content (AvgIpc) is 2.87. The Labute approximate surface area is 232 Å². The fourth-order valence-corrected chi connectivity index (χ4v) is 4.45. The number of amides is 3. The predicted octanol–water partition coefficient (Wildman–Crippen LogP) is 8.94. The van der Waals surface area contributed by atoms with Gasteiger partial charge in [0.15, 0.2) is 0 Å². The SMILES string of the molecule is CCCCCCCCCC(=O)N(C(=O)CCCCCCCCC)C(=O)CCCCCCCCC.O=[N+]([O-])O. The van der Waals surface area contributed by atoms with Crippen LogP contribution in [0.4, 0.5) is 0 Å². The molecule has 0 unspecified atom stereocenters. The van der Waals surface area contributed by atoms with E-state index in [0.717, 1.165) is 62.7 Å². The summed E-state index contributed by atoms with van der Waals surface area (Å²) in [6, 6.07) is 0. The van der Waals surface area contributed by atoms with Crippen LogP contribution in [0.25, 0.3) is 0 Å². The van der Waals surface area contributed by atoms with E-state index in [1.165, 1.54) is 77.0 Å². The van der Waals surface area contributed by atoms with Crippen LogP contribution < -0.4 is 0 Å². The minimum atomic E-state index is -1.50. The Bertz CT molecular complexity index is 522. The fourth-order valence-electron chi connectivity index (χ4n) is 4.45. The molecule has 3 amide bonds. The molecule has 38 heavy (non-hydrogen) atoms. The molecule has 224 valence electrons. The summed E-state index contributed by atoms with van der Waals surface area (Å²) in [4.78, 5) is 48.0. The molecule has 0 spiro atoms. The molecule has 0 saturated carbocycles. The molecule has 0 aromatic rings. The zero-order chi connectivity index (χ0) is 28.9. The van der Waals surface area contributed by atoms with Crippen molar-refractivity contribution in [2.45, 2.75) is 175 Å². The van der Waals surface area contributed by atoms with Gasteiger partial charge in [-0.1, -0.05) is 136 Å². The Balaban J connectivity index is 0. The van der Waals surface area contributed by atoms with Gasteiger partial charge in [0.2, 0.25) is 17.7 Å². The van der Waals surface area contributed by atoms with Crippen LogP contribution in [-0.2, 0) is 14.4 Å². The minimum Gasteiger partial charge on any atom is -0.328 e. The number of rotatable bonds is 24. The zero-order valence-electron chi connectivity index (χ0n) is 24.9. The van der Waals surface area contributed by atoms with E-state index >= 15 is 0 Å². The largest absolute Gasteiger partial charge is 0.328 e.